The molecular formula is C13H14BrClN4OS. The number of nitrogens with two attached hydrogens (primary N) is 1. The van der Waals surface area contributed by atoms with Gasteiger partial charge in [0.25, 0.3) is 5.91 Å². The third-order valence-electron chi connectivity index (χ3n) is 2.57. The summed E-state index contributed by atoms with van der Waals surface area (Å²) in [6, 6.07) is 5.23. The summed E-state index contributed by atoms with van der Waals surface area (Å²) in [6.45, 7) is 2.83. The van der Waals surface area contributed by atoms with Gasteiger partial charge in [-0.15, -0.1) is 0 Å². The lowest BCUT2D eigenvalue weighted by atomic mass is 10.3. The molecule has 0 bridgehead atoms. The molecule has 0 saturated carbocycles. The largest absolute Gasteiger partial charge is 0.382 e. The summed E-state index contributed by atoms with van der Waals surface area (Å²) < 4.78 is 0.842. The summed E-state index contributed by atoms with van der Waals surface area (Å²) in [4.78, 5) is 16.7. The molecule has 0 aliphatic heterocycles. The second-order valence-corrected chi connectivity index (χ2v) is 6.56. The van der Waals surface area contributed by atoms with Gasteiger partial charge in [0.05, 0.1) is 10.7 Å². The zero-order valence-electron chi connectivity index (χ0n) is 11.2. The van der Waals surface area contributed by atoms with Gasteiger partial charge in [0.2, 0.25) is 0 Å². The maximum atomic E-state index is 12.2. The lowest BCUT2D eigenvalue weighted by molar-refractivity contribution is 0.103. The van der Waals surface area contributed by atoms with E-state index in [0.717, 1.165) is 17.4 Å². The molecule has 0 aliphatic carbocycles. The lowest BCUT2D eigenvalue weighted by Gasteiger charge is -2.06. The molecule has 2 rings (SSSR count). The minimum absolute atomic E-state index is 0.212. The van der Waals surface area contributed by atoms with Gasteiger partial charge in [0, 0.05) is 11.0 Å². The van der Waals surface area contributed by atoms with Crippen LogP contribution in [-0.2, 0) is 0 Å². The van der Waals surface area contributed by atoms with E-state index in [4.69, 9.17) is 17.3 Å². The molecule has 0 spiro atoms. The summed E-state index contributed by atoms with van der Waals surface area (Å²) in [6.07, 6.45) is 0.968. The van der Waals surface area contributed by atoms with Crippen molar-refractivity contribution in [2.45, 2.75) is 13.3 Å². The van der Waals surface area contributed by atoms with Crippen molar-refractivity contribution in [3.05, 3.63) is 32.6 Å². The molecule has 2 aromatic rings. The Balaban J connectivity index is 2.14. The van der Waals surface area contributed by atoms with Gasteiger partial charge in [0.15, 0.2) is 5.13 Å². The van der Waals surface area contributed by atoms with Gasteiger partial charge in [-0.1, -0.05) is 45.8 Å². The predicted molar refractivity (Wildman–Crippen MR) is 92.4 cm³/mol. The Bertz CT molecular complexity index is 662. The second-order valence-electron chi connectivity index (χ2n) is 4.24. The number of carbonyl (C=O) groups excluding carboxylic acids is 1. The van der Waals surface area contributed by atoms with E-state index in [0.29, 0.717) is 20.7 Å². The first-order valence-electron chi connectivity index (χ1n) is 6.27. The van der Waals surface area contributed by atoms with E-state index in [1.165, 1.54) is 11.3 Å². The number of aromatic nitrogens is 1. The number of nitrogen functional groups attached to an aromatic ring is 1. The van der Waals surface area contributed by atoms with Crippen LogP contribution in [0.3, 0.4) is 0 Å². The number of thiazole rings is 1. The monoisotopic (exact) mass is 388 g/mol. The first-order valence-corrected chi connectivity index (χ1v) is 8.26. The fraction of sp³-hybridized carbons (Fsp3) is 0.231. The molecule has 0 fully saturated rings. The summed E-state index contributed by atoms with van der Waals surface area (Å²) in [7, 11) is 0. The first-order chi connectivity index (χ1) is 10.0. The molecule has 21 heavy (non-hydrogen) atoms. The molecule has 0 saturated heterocycles. The Hall–Kier alpha value is -1.31. The quantitative estimate of drug-likeness (QED) is 0.715. The van der Waals surface area contributed by atoms with Crippen LogP contribution in [0.25, 0.3) is 0 Å². The molecule has 1 amide bonds. The number of halogens is 2. The first kappa shape index (κ1) is 16.1. The van der Waals surface area contributed by atoms with E-state index in [-0.39, 0.29) is 11.7 Å². The molecule has 0 atom stereocenters. The third kappa shape index (κ3) is 4.09. The van der Waals surface area contributed by atoms with Crippen molar-refractivity contribution in [2.75, 3.05) is 22.9 Å². The zero-order valence-corrected chi connectivity index (χ0v) is 14.4. The Kier molecular flexibility index (Phi) is 5.44. The molecular weight excluding hydrogens is 376 g/mol. The minimum atomic E-state index is -0.321. The Morgan fingerprint density at radius 2 is 2.29 bits per heavy atom. The third-order valence-corrected chi connectivity index (χ3v) is 4.40. The van der Waals surface area contributed by atoms with Crippen molar-refractivity contribution in [3.63, 3.8) is 0 Å². The maximum absolute atomic E-state index is 12.2. The number of benzene rings is 1. The summed E-state index contributed by atoms with van der Waals surface area (Å²) in [5, 5.41) is 6.93. The zero-order chi connectivity index (χ0) is 15.4. The molecule has 0 radical (unpaired) electrons. The average Bonchev–Trinajstić information content (AvgIpc) is 2.81. The smallest absolute Gasteiger partial charge is 0.269 e. The van der Waals surface area contributed by atoms with Crippen LogP contribution < -0.4 is 16.4 Å². The highest BCUT2D eigenvalue weighted by Crippen LogP contribution is 2.29. The van der Waals surface area contributed by atoms with E-state index >= 15 is 0 Å². The number of hydrogen-bond donors (Lipinski definition) is 3. The molecule has 4 N–H and O–H groups in total. The number of nitrogens with one attached hydrogen (secondary N) is 2. The molecule has 0 unspecified atom stereocenters. The van der Waals surface area contributed by atoms with Crippen molar-refractivity contribution in [3.8, 4) is 0 Å². The molecule has 112 valence electrons. The van der Waals surface area contributed by atoms with Gasteiger partial charge in [-0.25, -0.2) is 4.98 Å². The number of nitrogens with zero attached hydrogens (tertiary/aromatic N) is 1. The predicted octanol–water partition coefficient (Wildman–Crippen LogP) is 4.22. The van der Waals surface area contributed by atoms with Gasteiger partial charge in [-0.05, 0) is 24.6 Å². The number of carbonyl (C=O) groups is 1. The van der Waals surface area contributed by atoms with Gasteiger partial charge < -0.3 is 16.4 Å². The Morgan fingerprint density at radius 1 is 1.52 bits per heavy atom. The van der Waals surface area contributed by atoms with Crippen LogP contribution in [0.4, 0.5) is 16.6 Å². The molecule has 8 heteroatoms. The van der Waals surface area contributed by atoms with Crippen LogP contribution in [0.1, 0.15) is 23.0 Å². The standard InChI is InChI=1S/C13H14BrClN4OS/c1-2-5-17-13-19-11(16)10(21-13)12(20)18-9-4-3-7(14)6-8(9)15/h3-4,6H,2,5,16H2,1H3,(H,17,19)(H,18,20). The van der Waals surface area contributed by atoms with Crippen LogP contribution >= 0.6 is 38.9 Å². The van der Waals surface area contributed by atoms with E-state index < -0.39 is 0 Å². The van der Waals surface area contributed by atoms with Crippen molar-refractivity contribution in [2.24, 2.45) is 0 Å². The van der Waals surface area contributed by atoms with Gasteiger partial charge in [0.1, 0.15) is 10.7 Å². The van der Waals surface area contributed by atoms with Crippen molar-refractivity contribution < 1.29 is 4.79 Å². The van der Waals surface area contributed by atoms with Crippen LogP contribution in [-0.4, -0.2) is 17.4 Å². The highest BCUT2D eigenvalue weighted by molar-refractivity contribution is 9.10. The SMILES string of the molecule is CCCNc1nc(N)c(C(=O)Nc2ccc(Br)cc2Cl)s1. The molecule has 1 heterocycles. The highest BCUT2D eigenvalue weighted by Gasteiger charge is 2.17. The van der Waals surface area contributed by atoms with Crippen molar-refractivity contribution in [1.82, 2.24) is 4.98 Å². The van der Waals surface area contributed by atoms with Gasteiger partial charge in [-0.2, -0.15) is 0 Å². The molecule has 1 aromatic heterocycles. The number of amides is 1. The Morgan fingerprint density at radius 3 is 2.95 bits per heavy atom. The second kappa shape index (κ2) is 7.11. The Labute approximate surface area is 140 Å². The number of hydrogen-bond acceptors (Lipinski definition) is 5. The van der Waals surface area contributed by atoms with Crippen LogP contribution in [0.2, 0.25) is 5.02 Å². The average molecular weight is 390 g/mol. The lowest BCUT2D eigenvalue weighted by Crippen LogP contribution is -2.12. The van der Waals surface area contributed by atoms with Crippen LogP contribution in [0, 0.1) is 0 Å². The van der Waals surface area contributed by atoms with E-state index in [9.17, 15) is 4.79 Å². The van der Waals surface area contributed by atoms with Crippen molar-refractivity contribution >= 4 is 61.4 Å². The van der Waals surface area contributed by atoms with E-state index in [1.807, 2.05) is 6.92 Å². The fourth-order valence-electron chi connectivity index (χ4n) is 1.57. The van der Waals surface area contributed by atoms with Crippen LogP contribution in [0.15, 0.2) is 22.7 Å². The minimum Gasteiger partial charge on any atom is -0.382 e. The molecule has 5 nitrogen and oxygen atoms in total. The normalized spacial score (nSPS) is 10.4. The summed E-state index contributed by atoms with van der Waals surface area (Å²) >= 11 is 10.6. The number of rotatable bonds is 5. The summed E-state index contributed by atoms with van der Waals surface area (Å²) in [5.74, 6) is -0.108. The summed E-state index contributed by atoms with van der Waals surface area (Å²) in [5.41, 5.74) is 6.32. The fourth-order valence-corrected chi connectivity index (χ4v) is 3.10. The topological polar surface area (TPSA) is 80.0 Å². The van der Waals surface area contributed by atoms with Crippen LogP contribution in [0.5, 0.6) is 0 Å². The maximum Gasteiger partial charge on any atom is 0.269 e. The van der Waals surface area contributed by atoms with Gasteiger partial charge in [-0.3, -0.25) is 4.79 Å². The molecule has 1 aromatic carbocycles. The molecule has 0 aliphatic rings. The van der Waals surface area contributed by atoms with E-state index in [2.05, 4.69) is 31.5 Å². The number of anilines is 3. The highest BCUT2D eigenvalue weighted by atomic mass is 79.9. The van der Waals surface area contributed by atoms with Crippen molar-refractivity contribution in [1.29, 1.82) is 0 Å². The van der Waals surface area contributed by atoms with Gasteiger partial charge >= 0.3 is 0 Å². The van der Waals surface area contributed by atoms with E-state index in [1.54, 1.807) is 18.2 Å².